The predicted octanol–water partition coefficient (Wildman–Crippen LogP) is 4.69. The lowest BCUT2D eigenvalue weighted by Gasteiger charge is -2.09. The lowest BCUT2D eigenvalue weighted by Crippen LogP contribution is -2.13. The summed E-state index contributed by atoms with van der Waals surface area (Å²) in [5, 5.41) is 2.74. The van der Waals surface area contributed by atoms with Crippen LogP contribution < -0.4 is 10.1 Å². The van der Waals surface area contributed by atoms with E-state index in [0.717, 1.165) is 17.7 Å². The van der Waals surface area contributed by atoms with Crippen LogP contribution >= 0.6 is 0 Å². The van der Waals surface area contributed by atoms with Crippen molar-refractivity contribution in [3.63, 3.8) is 0 Å². The number of hydrogen-bond donors (Lipinski definition) is 1. The maximum Gasteiger partial charge on any atom is 0.338 e. The molecule has 5 nitrogen and oxygen atoms in total. The fourth-order valence-electron chi connectivity index (χ4n) is 2.26. The summed E-state index contributed by atoms with van der Waals surface area (Å²) in [6.07, 6.45) is 3.92. The van der Waals surface area contributed by atoms with E-state index in [2.05, 4.69) is 12.2 Å². The first-order valence-corrected chi connectivity index (χ1v) is 9.01. The Labute approximate surface area is 160 Å². The standard InChI is InChI=1S/C22H25NO4/c1-4-14-26-20-11-8-17(9-12-20)10-13-21(24)23-19-7-5-6-18(15-19)22(25)27-16(2)3/h5-13,15-16H,4,14H2,1-3H3,(H,23,24)/b13-10+. The lowest BCUT2D eigenvalue weighted by molar-refractivity contribution is -0.111. The van der Waals surface area contributed by atoms with Crippen LogP contribution in [0.25, 0.3) is 6.08 Å². The van der Waals surface area contributed by atoms with Gasteiger partial charge in [-0.25, -0.2) is 4.79 Å². The van der Waals surface area contributed by atoms with E-state index in [1.807, 2.05) is 24.3 Å². The van der Waals surface area contributed by atoms with Gasteiger partial charge in [-0.3, -0.25) is 4.79 Å². The number of carbonyl (C=O) groups is 2. The van der Waals surface area contributed by atoms with E-state index in [4.69, 9.17) is 9.47 Å². The number of benzene rings is 2. The Hall–Kier alpha value is -3.08. The third-order valence-corrected chi connectivity index (χ3v) is 3.49. The molecule has 0 saturated heterocycles. The van der Waals surface area contributed by atoms with Crippen LogP contribution in [0.2, 0.25) is 0 Å². The maximum absolute atomic E-state index is 12.1. The Morgan fingerprint density at radius 1 is 1.11 bits per heavy atom. The smallest absolute Gasteiger partial charge is 0.338 e. The molecule has 5 heteroatoms. The first-order valence-electron chi connectivity index (χ1n) is 9.01. The van der Waals surface area contributed by atoms with E-state index in [-0.39, 0.29) is 12.0 Å². The molecule has 0 aliphatic rings. The third kappa shape index (κ3) is 6.98. The SMILES string of the molecule is CCCOc1ccc(/C=C/C(=O)Nc2cccc(C(=O)OC(C)C)c2)cc1. The summed E-state index contributed by atoms with van der Waals surface area (Å²) >= 11 is 0. The Morgan fingerprint density at radius 2 is 1.85 bits per heavy atom. The Balaban J connectivity index is 1.95. The molecule has 0 aliphatic carbocycles. The monoisotopic (exact) mass is 367 g/mol. The largest absolute Gasteiger partial charge is 0.494 e. The minimum atomic E-state index is -0.415. The summed E-state index contributed by atoms with van der Waals surface area (Å²) < 4.78 is 10.7. The zero-order valence-electron chi connectivity index (χ0n) is 15.9. The van der Waals surface area contributed by atoms with Gasteiger partial charge in [0.1, 0.15) is 5.75 Å². The van der Waals surface area contributed by atoms with Gasteiger partial charge in [0.25, 0.3) is 0 Å². The molecule has 0 unspecified atom stereocenters. The topological polar surface area (TPSA) is 64.6 Å². The van der Waals surface area contributed by atoms with E-state index in [1.54, 1.807) is 44.2 Å². The molecule has 0 bridgehead atoms. The highest BCUT2D eigenvalue weighted by molar-refractivity contribution is 6.02. The van der Waals surface area contributed by atoms with Gasteiger partial charge in [0, 0.05) is 11.8 Å². The lowest BCUT2D eigenvalue weighted by atomic mass is 10.2. The van der Waals surface area contributed by atoms with E-state index < -0.39 is 5.97 Å². The normalized spacial score (nSPS) is 10.8. The Kier molecular flexibility index (Phi) is 7.62. The molecule has 1 N–H and O–H groups in total. The number of esters is 1. The molecule has 1 amide bonds. The number of rotatable bonds is 8. The first kappa shape index (κ1) is 20.2. The van der Waals surface area contributed by atoms with Crippen molar-refractivity contribution in [2.24, 2.45) is 0 Å². The van der Waals surface area contributed by atoms with Crippen LogP contribution in [0.1, 0.15) is 43.1 Å². The molecule has 0 heterocycles. The maximum atomic E-state index is 12.1. The molecule has 2 aromatic rings. The molecule has 2 rings (SSSR count). The minimum absolute atomic E-state index is 0.197. The molecule has 0 radical (unpaired) electrons. The van der Waals surface area contributed by atoms with Crippen LogP contribution in [0.5, 0.6) is 5.75 Å². The molecule has 0 fully saturated rings. The van der Waals surface area contributed by atoms with Crippen LogP contribution in [0.4, 0.5) is 5.69 Å². The highest BCUT2D eigenvalue weighted by Crippen LogP contribution is 2.15. The van der Waals surface area contributed by atoms with E-state index in [1.165, 1.54) is 6.08 Å². The molecule has 2 aromatic carbocycles. The molecule has 27 heavy (non-hydrogen) atoms. The van der Waals surface area contributed by atoms with Gasteiger partial charge >= 0.3 is 5.97 Å². The average Bonchev–Trinajstić information content (AvgIpc) is 2.65. The van der Waals surface area contributed by atoms with Crippen LogP contribution in [0.15, 0.2) is 54.6 Å². The van der Waals surface area contributed by atoms with Crippen molar-refractivity contribution in [3.05, 3.63) is 65.7 Å². The second kappa shape index (κ2) is 10.2. The molecule has 0 spiro atoms. The van der Waals surface area contributed by atoms with Gasteiger partial charge in [-0.2, -0.15) is 0 Å². The van der Waals surface area contributed by atoms with Gasteiger partial charge in [-0.1, -0.05) is 25.1 Å². The zero-order valence-corrected chi connectivity index (χ0v) is 15.9. The van der Waals surface area contributed by atoms with Gasteiger partial charge in [0.15, 0.2) is 0 Å². The second-order valence-electron chi connectivity index (χ2n) is 6.27. The fourth-order valence-corrected chi connectivity index (χ4v) is 2.26. The molecule has 0 aliphatic heterocycles. The van der Waals surface area contributed by atoms with Crippen molar-refractivity contribution in [1.29, 1.82) is 0 Å². The molecule has 0 saturated carbocycles. The van der Waals surface area contributed by atoms with Crippen LogP contribution in [0, 0.1) is 0 Å². The summed E-state index contributed by atoms with van der Waals surface area (Å²) in [5.41, 5.74) is 1.82. The summed E-state index contributed by atoms with van der Waals surface area (Å²) in [4.78, 5) is 24.1. The van der Waals surface area contributed by atoms with Crippen molar-refractivity contribution in [2.45, 2.75) is 33.3 Å². The summed E-state index contributed by atoms with van der Waals surface area (Å²) in [6.45, 7) is 6.31. The zero-order chi connectivity index (χ0) is 19.6. The summed E-state index contributed by atoms with van der Waals surface area (Å²) in [5.74, 6) is 0.112. The number of hydrogen-bond acceptors (Lipinski definition) is 4. The van der Waals surface area contributed by atoms with Crippen LogP contribution in [0.3, 0.4) is 0 Å². The molecule has 0 aromatic heterocycles. The van der Waals surface area contributed by atoms with Gasteiger partial charge in [0.05, 0.1) is 18.3 Å². The Morgan fingerprint density at radius 3 is 2.52 bits per heavy atom. The summed E-state index contributed by atoms with van der Waals surface area (Å²) in [7, 11) is 0. The van der Waals surface area contributed by atoms with Crippen molar-refractivity contribution >= 4 is 23.6 Å². The average molecular weight is 367 g/mol. The third-order valence-electron chi connectivity index (χ3n) is 3.49. The molecule has 0 atom stereocenters. The summed E-state index contributed by atoms with van der Waals surface area (Å²) in [6, 6.07) is 14.2. The van der Waals surface area contributed by atoms with Crippen LogP contribution in [-0.4, -0.2) is 24.6 Å². The second-order valence-corrected chi connectivity index (χ2v) is 6.27. The molecular weight excluding hydrogens is 342 g/mol. The van der Waals surface area contributed by atoms with Crippen molar-refractivity contribution in [2.75, 3.05) is 11.9 Å². The van der Waals surface area contributed by atoms with E-state index in [0.29, 0.717) is 17.9 Å². The predicted molar refractivity (Wildman–Crippen MR) is 107 cm³/mol. The van der Waals surface area contributed by atoms with Crippen molar-refractivity contribution < 1.29 is 19.1 Å². The van der Waals surface area contributed by atoms with Crippen LogP contribution in [-0.2, 0) is 9.53 Å². The van der Waals surface area contributed by atoms with E-state index >= 15 is 0 Å². The highest BCUT2D eigenvalue weighted by Gasteiger charge is 2.10. The van der Waals surface area contributed by atoms with E-state index in [9.17, 15) is 9.59 Å². The molecule has 142 valence electrons. The van der Waals surface area contributed by atoms with Gasteiger partial charge < -0.3 is 14.8 Å². The van der Waals surface area contributed by atoms with Crippen molar-refractivity contribution in [1.82, 2.24) is 0 Å². The Bertz CT molecular complexity index is 794. The molecular formula is C22H25NO4. The number of anilines is 1. The first-order chi connectivity index (χ1) is 13.0. The number of nitrogens with one attached hydrogen (secondary N) is 1. The number of carbonyl (C=O) groups excluding carboxylic acids is 2. The highest BCUT2D eigenvalue weighted by atomic mass is 16.5. The fraction of sp³-hybridized carbons (Fsp3) is 0.273. The van der Waals surface area contributed by atoms with Crippen molar-refractivity contribution in [3.8, 4) is 5.75 Å². The van der Waals surface area contributed by atoms with Gasteiger partial charge in [-0.15, -0.1) is 0 Å². The van der Waals surface area contributed by atoms with Gasteiger partial charge in [0.2, 0.25) is 5.91 Å². The van der Waals surface area contributed by atoms with Gasteiger partial charge in [-0.05, 0) is 62.2 Å². The number of amides is 1. The quantitative estimate of drug-likeness (QED) is 0.543. The number of ether oxygens (including phenoxy) is 2. The minimum Gasteiger partial charge on any atom is -0.494 e.